The Kier molecular flexibility index (Phi) is 6.53. The molecular formula is C15H23NO3. The van der Waals surface area contributed by atoms with Gasteiger partial charge in [-0.05, 0) is 24.5 Å². The number of carbonyl (C=O) groups is 1. The third-order valence-electron chi connectivity index (χ3n) is 3.45. The molecule has 0 aliphatic carbocycles. The molecule has 0 aliphatic rings. The van der Waals surface area contributed by atoms with Gasteiger partial charge in [0.2, 0.25) is 0 Å². The van der Waals surface area contributed by atoms with Crippen LogP contribution in [0.25, 0.3) is 0 Å². The molecule has 0 fully saturated rings. The van der Waals surface area contributed by atoms with Crippen LogP contribution in [0.2, 0.25) is 0 Å². The smallest absolute Gasteiger partial charge is 0.304 e. The second-order valence-electron chi connectivity index (χ2n) is 4.79. The van der Waals surface area contributed by atoms with E-state index in [2.05, 4.69) is 4.90 Å². The molecule has 0 radical (unpaired) electrons. The number of hydrogen-bond acceptors (Lipinski definition) is 3. The highest BCUT2D eigenvalue weighted by molar-refractivity contribution is 5.66. The highest BCUT2D eigenvalue weighted by atomic mass is 16.4. The van der Waals surface area contributed by atoms with Crippen molar-refractivity contribution in [2.24, 2.45) is 0 Å². The van der Waals surface area contributed by atoms with Gasteiger partial charge >= 0.3 is 5.97 Å². The van der Waals surface area contributed by atoms with Crippen molar-refractivity contribution < 1.29 is 15.0 Å². The summed E-state index contributed by atoms with van der Waals surface area (Å²) < 4.78 is 0. The molecule has 4 nitrogen and oxygen atoms in total. The lowest BCUT2D eigenvalue weighted by Crippen LogP contribution is -2.38. The number of aliphatic hydroxyl groups is 1. The molecule has 0 heterocycles. The molecule has 106 valence electrons. The second kappa shape index (κ2) is 7.92. The number of aliphatic hydroxyl groups excluding tert-OH is 1. The molecule has 0 aliphatic heterocycles. The molecule has 4 heteroatoms. The molecule has 0 aromatic heterocycles. The van der Waals surface area contributed by atoms with Crippen LogP contribution < -0.4 is 0 Å². The Morgan fingerprint density at radius 3 is 2.58 bits per heavy atom. The zero-order valence-corrected chi connectivity index (χ0v) is 11.7. The maximum absolute atomic E-state index is 10.7. The number of aryl methyl sites for hydroxylation is 1. The highest BCUT2D eigenvalue weighted by Crippen LogP contribution is 2.14. The molecule has 0 saturated heterocycles. The number of benzene rings is 1. The van der Waals surface area contributed by atoms with Gasteiger partial charge in [0.25, 0.3) is 0 Å². The van der Waals surface area contributed by atoms with Crippen molar-refractivity contribution in [3.05, 3.63) is 35.4 Å². The largest absolute Gasteiger partial charge is 0.481 e. The number of carboxylic acid groups (broad SMARTS) is 1. The standard InChI is InChI=1S/C15H23NO3/c1-3-14(11-17)16(9-8-15(18)19)10-13-7-5-4-6-12(13)2/h4-7,14,17H,3,8-11H2,1-2H3,(H,18,19). The minimum atomic E-state index is -0.803. The molecule has 1 atom stereocenters. The molecule has 2 N–H and O–H groups in total. The summed E-state index contributed by atoms with van der Waals surface area (Å²) in [6.45, 7) is 5.25. The third kappa shape index (κ3) is 5.01. The fourth-order valence-electron chi connectivity index (χ4n) is 2.14. The van der Waals surface area contributed by atoms with Gasteiger partial charge in [0.15, 0.2) is 0 Å². The first-order chi connectivity index (χ1) is 9.08. The van der Waals surface area contributed by atoms with Gasteiger partial charge in [-0.25, -0.2) is 0 Å². The molecule has 0 amide bonds. The Morgan fingerprint density at radius 1 is 1.37 bits per heavy atom. The Morgan fingerprint density at radius 2 is 2.05 bits per heavy atom. The highest BCUT2D eigenvalue weighted by Gasteiger charge is 2.17. The molecule has 1 unspecified atom stereocenters. The van der Waals surface area contributed by atoms with E-state index < -0.39 is 5.97 Å². The van der Waals surface area contributed by atoms with Crippen LogP contribution in [-0.2, 0) is 11.3 Å². The summed E-state index contributed by atoms with van der Waals surface area (Å²) >= 11 is 0. The lowest BCUT2D eigenvalue weighted by atomic mass is 10.1. The van der Waals surface area contributed by atoms with E-state index in [1.54, 1.807) is 0 Å². The van der Waals surface area contributed by atoms with Crippen LogP contribution in [0.1, 0.15) is 30.9 Å². The maximum atomic E-state index is 10.7. The monoisotopic (exact) mass is 265 g/mol. The molecule has 1 rings (SSSR count). The topological polar surface area (TPSA) is 60.8 Å². The van der Waals surface area contributed by atoms with Gasteiger partial charge < -0.3 is 10.2 Å². The first kappa shape index (κ1) is 15.7. The number of rotatable bonds is 8. The lowest BCUT2D eigenvalue weighted by Gasteiger charge is -2.29. The summed E-state index contributed by atoms with van der Waals surface area (Å²) in [6.07, 6.45) is 0.907. The van der Waals surface area contributed by atoms with Gasteiger partial charge in [0.1, 0.15) is 0 Å². The van der Waals surface area contributed by atoms with Gasteiger partial charge in [-0.2, -0.15) is 0 Å². The van der Waals surface area contributed by atoms with Gasteiger partial charge in [-0.3, -0.25) is 9.69 Å². The van der Waals surface area contributed by atoms with Crippen molar-refractivity contribution in [1.29, 1.82) is 0 Å². The van der Waals surface area contributed by atoms with E-state index in [1.165, 1.54) is 11.1 Å². The quantitative estimate of drug-likeness (QED) is 0.755. The molecule has 0 saturated carbocycles. The van der Waals surface area contributed by atoms with E-state index in [4.69, 9.17) is 5.11 Å². The number of carboxylic acids is 1. The van der Waals surface area contributed by atoms with Crippen LogP contribution in [0.4, 0.5) is 0 Å². The minimum absolute atomic E-state index is 0.0129. The van der Waals surface area contributed by atoms with E-state index in [0.717, 1.165) is 6.42 Å². The average Bonchev–Trinajstić information content (AvgIpc) is 2.39. The van der Waals surface area contributed by atoms with Crippen LogP contribution in [0, 0.1) is 6.92 Å². The van der Waals surface area contributed by atoms with Crippen molar-refractivity contribution in [1.82, 2.24) is 4.90 Å². The van der Waals surface area contributed by atoms with Crippen LogP contribution in [0.5, 0.6) is 0 Å². The van der Waals surface area contributed by atoms with Crippen LogP contribution in [0.15, 0.2) is 24.3 Å². The average molecular weight is 265 g/mol. The summed E-state index contributed by atoms with van der Waals surface area (Å²) in [5, 5.41) is 18.2. The van der Waals surface area contributed by atoms with Gasteiger partial charge in [0.05, 0.1) is 13.0 Å². The number of hydrogen-bond donors (Lipinski definition) is 2. The molecule has 0 spiro atoms. The lowest BCUT2D eigenvalue weighted by molar-refractivity contribution is -0.137. The number of nitrogens with zero attached hydrogens (tertiary/aromatic N) is 1. The molecule has 1 aromatic rings. The van der Waals surface area contributed by atoms with Gasteiger partial charge in [-0.1, -0.05) is 31.2 Å². The zero-order chi connectivity index (χ0) is 14.3. The van der Waals surface area contributed by atoms with Gasteiger partial charge in [-0.15, -0.1) is 0 Å². The van der Waals surface area contributed by atoms with E-state index in [-0.39, 0.29) is 19.1 Å². The van der Waals surface area contributed by atoms with Crippen molar-refractivity contribution in [2.45, 2.75) is 39.3 Å². The van der Waals surface area contributed by atoms with Crippen molar-refractivity contribution in [3.8, 4) is 0 Å². The third-order valence-corrected chi connectivity index (χ3v) is 3.45. The van der Waals surface area contributed by atoms with Crippen LogP contribution in [-0.4, -0.2) is 40.3 Å². The van der Waals surface area contributed by atoms with E-state index in [9.17, 15) is 9.90 Å². The molecule has 1 aromatic carbocycles. The normalized spacial score (nSPS) is 12.6. The summed E-state index contributed by atoms with van der Waals surface area (Å²) in [5.74, 6) is -0.803. The van der Waals surface area contributed by atoms with Gasteiger partial charge in [0, 0.05) is 19.1 Å². The first-order valence-electron chi connectivity index (χ1n) is 6.69. The predicted molar refractivity (Wildman–Crippen MR) is 75.0 cm³/mol. The summed E-state index contributed by atoms with van der Waals surface area (Å²) in [7, 11) is 0. The fourth-order valence-corrected chi connectivity index (χ4v) is 2.14. The summed E-state index contributed by atoms with van der Waals surface area (Å²) in [4.78, 5) is 12.8. The van der Waals surface area contributed by atoms with E-state index >= 15 is 0 Å². The molecule has 19 heavy (non-hydrogen) atoms. The fraction of sp³-hybridized carbons (Fsp3) is 0.533. The van der Waals surface area contributed by atoms with Crippen molar-refractivity contribution in [3.63, 3.8) is 0 Å². The number of aliphatic carboxylic acids is 1. The van der Waals surface area contributed by atoms with Crippen molar-refractivity contribution in [2.75, 3.05) is 13.2 Å². The summed E-state index contributed by atoms with van der Waals surface area (Å²) in [6, 6.07) is 8.08. The Balaban J connectivity index is 2.78. The first-order valence-corrected chi connectivity index (χ1v) is 6.69. The van der Waals surface area contributed by atoms with E-state index in [1.807, 2.05) is 38.1 Å². The van der Waals surface area contributed by atoms with Crippen LogP contribution >= 0.6 is 0 Å². The van der Waals surface area contributed by atoms with Crippen LogP contribution in [0.3, 0.4) is 0 Å². The SMILES string of the molecule is CCC(CO)N(CCC(=O)O)Cc1ccccc1C. The minimum Gasteiger partial charge on any atom is -0.481 e. The molecular weight excluding hydrogens is 242 g/mol. The predicted octanol–water partition coefficient (Wildman–Crippen LogP) is 2.04. The Bertz CT molecular complexity index is 402. The molecule has 0 bridgehead atoms. The zero-order valence-electron chi connectivity index (χ0n) is 11.7. The second-order valence-corrected chi connectivity index (χ2v) is 4.79. The van der Waals surface area contributed by atoms with E-state index in [0.29, 0.717) is 13.1 Å². The Hall–Kier alpha value is -1.39. The van der Waals surface area contributed by atoms with Crippen molar-refractivity contribution >= 4 is 5.97 Å². The summed E-state index contributed by atoms with van der Waals surface area (Å²) in [5.41, 5.74) is 2.37. The maximum Gasteiger partial charge on any atom is 0.304 e. The Labute approximate surface area is 114 Å².